The second-order valence-electron chi connectivity index (χ2n) is 11.7. The highest BCUT2D eigenvalue weighted by atomic mass is 16.6. The van der Waals surface area contributed by atoms with E-state index in [9.17, 15) is 19.2 Å². The molecular weight excluding hydrogens is 574 g/mol. The highest BCUT2D eigenvalue weighted by molar-refractivity contribution is 5.93. The summed E-state index contributed by atoms with van der Waals surface area (Å²) in [6.45, 7) is 5.34. The molecule has 45 heavy (non-hydrogen) atoms. The van der Waals surface area contributed by atoms with Gasteiger partial charge in [-0.1, -0.05) is 78.9 Å². The van der Waals surface area contributed by atoms with Crippen molar-refractivity contribution >= 4 is 34.8 Å². The SMILES string of the molecule is CC(C)(C)OC(=O)[C@@H](CCC(=O)OCc1ccccc1)NC(=O)[C@H](N)Cc1cn(C(=O)OCc2ccccc2)c2ccccc12. The van der Waals surface area contributed by atoms with Crippen LogP contribution in [0.5, 0.6) is 0 Å². The standard InChI is InChI=1S/C35H39N3O7/c1-35(2,3)45-33(41)29(18-19-31(39)43-22-24-12-6-4-7-13-24)37-32(40)28(36)20-26-21-38(30-17-11-10-16-27(26)30)34(42)44-23-25-14-8-5-9-15-25/h4-17,21,28-29H,18-20,22-23,36H2,1-3H3,(H,37,40)/t28-,29-/m1/s1. The highest BCUT2D eigenvalue weighted by Gasteiger charge is 2.29. The number of benzene rings is 3. The molecule has 1 heterocycles. The molecule has 1 aromatic heterocycles. The average molecular weight is 614 g/mol. The summed E-state index contributed by atoms with van der Waals surface area (Å²) in [4.78, 5) is 51.7. The van der Waals surface area contributed by atoms with Gasteiger partial charge in [-0.2, -0.15) is 0 Å². The number of carbonyl (C=O) groups excluding carboxylic acids is 4. The normalized spacial score (nSPS) is 12.6. The van der Waals surface area contributed by atoms with Crippen LogP contribution in [0.25, 0.3) is 10.9 Å². The van der Waals surface area contributed by atoms with E-state index in [1.54, 1.807) is 39.1 Å². The molecule has 0 saturated heterocycles. The van der Waals surface area contributed by atoms with E-state index in [0.717, 1.165) is 16.5 Å². The summed E-state index contributed by atoms with van der Waals surface area (Å²) in [5.41, 5.74) is 8.46. The van der Waals surface area contributed by atoms with Crippen molar-refractivity contribution in [2.24, 2.45) is 5.73 Å². The van der Waals surface area contributed by atoms with Gasteiger partial charge in [-0.25, -0.2) is 9.59 Å². The van der Waals surface area contributed by atoms with Crippen LogP contribution in [-0.4, -0.2) is 46.2 Å². The Bertz CT molecular complexity index is 1610. The number of aromatic nitrogens is 1. The molecule has 0 bridgehead atoms. The van der Waals surface area contributed by atoms with Crippen LogP contribution >= 0.6 is 0 Å². The van der Waals surface area contributed by atoms with Crippen molar-refractivity contribution in [2.75, 3.05) is 0 Å². The predicted octanol–water partition coefficient (Wildman–Crippen LogP) is 5.05. The van der Waals surface area contributed by atoms with Crippen LogP contribution in [0.2, 0.25) is 0 Å². The number of ether oxygens (including phenoxy) is 3. The first-order valence-corrected chi connectivity index (χ1v) is 14.8. The van der Waals surface area contributed by atoms with Crippen LogP contribution in [0.4, 0.5) is 4.79 Å². The van der Waals surface area contributed by atoms with E-state index in [-0.39, 0.29) is 32.5 Å². The first-order chi connectivity index (χ1) is 21.5. The van der Waals surface area contributed by atoms with Gasteiger partial charge in [0.2, 0.25) is 5.91 Å². The van der Waals surface area contributed by atoms with Crippen LogP contribution in [-0.2, 0) is 48.2 Å². The van der Waals surface area contributed by atoms with Crippen molar-refractivity contribution in [1.29, 1.82) is 0 Å². The molecule has 0 fully saturated rings. The maximum atomic E-state index is 13.3. The topological polar surface area (TPSA) is 139 Å². The number of amides is 1. The van der Waals surface area contributed by atoms with Gasteiger partial charge in [-0.3, -0.25) is 14.2 Å². The number of carbonyl (C=O) groups is 4. The Morgan fingerprint density at radius 3 is 2.02 bits per heavy atom. The van der Waals surface area contributed by atoms with E-state index in [0.29, 0.717) is 11.1 Å². The van der Waals surface area contributed by atoms with E-state index in [2.05, 4.69) is 5.32 Å². The minimum Gasteiger partial charge on any atom is -0.461 e. The third kappa shape index (κ3) is 9.77. The molecule has 4 rings (SSSR count). The van der Waals surface area contributed by atoms with Gasteiger partial charge in [0, 0.05) is 18.0 Å². The fourth-order valence-electron chi connectivity index (χ4n) is 4.66. The lowest BCUT2D eigenvalue weighted by Crippen LogP contribution is -2.50. The number of hydrogen-bond donors (Lipinski definition) is 2. The van der Waals surface area contributed by atoms with Gasteiger partial charge in [-0.15, -0.1) is 0 Å². The Balaban J connectivity index is 1.41. The molecular formula is C35H39N3O7. The molecule has 0 aliphatic heterocycles. The summed E-state index contributed by atoms with van der Waals surface area (Å²) < 4.78 is 17.7. The van der Waals surface area contributed by atoms with Gasteiger partial charge >= 0.3 is 18.0 Å². The fourth-order valence-corrected chi connectivity index (χ4v) is 4.66. The Labute approximate surface area is 262 Å². The summed E-state index contributed by atoms with van der Waals surface area (Å²) in [5.74, 6) is -1.80. The van der Waals surface area contributed by atoms with Crippen LogP contribution < -0.4 is 11.1 Å². The number of rotatable bonds is 12. The summed E-state index contributed by atoms with van der Waals surface area (Å²) >= 11 is 0. The van der Waals surface area contributed by atoms with Crippen molar-refractivity contribution in [3.63, 3.8) is 0 Å². The minimum absolute atomic E-state index is 0.0342. The van der Waals surface area contributed by atoms with E-state index in [1.165, 1.54) is 4.57 Å². The molecule has 0 aliphatic carbocycles. The first kappa shape index (κ1) is 32.9. The summed E-state index contributed by atoms with van der Waals surface area (Å²) in [7, 11) is 0. The van der Waals surface area contributed by atoms with Gasteiger partial charge in [0.25, 0.3) is 0 Å². The minimum atomic E-state index is -1.12. The molecule has 0 aliphatic rings. The zero-order valence-corrected chi connectivity index (χ0v) is 25.7. The lowest BCUT2D eigenvalue weighted by molar-refractivity contribution is -0.159. The Morgan fingerprint density at radius 2 is 1.40 bits per heavy atom. The molecule has 0 spiro atoms. The zero-order chi connectivity index (χ0) is 32.4. The number of esters is 2. The van der Waals surface area contributed by atoms with Gasteiger partial charge < -0.3 is 25.3 Å². The van der Waals surface area contributed by atoms with Crippen molar-refractivity contribution in [3.8, 4) is 0 Å². The highest BCUT2D eigenvalue weighted by Crippen LogP contribution is 2.23. The summed E-state index contributed by atoms with van der Waals surface area (Å²) in [6.07, 6.45) is 0.965. The van der Waals surface area contributed by atoms with Crippen LogP contribution in [0.1, 0.15) is 50.3 Å². The smallest absolute Gasteiger partial charge is 0.418 e. The van der Waals surface area contributed by atoms with Crippen molar-refractivity contribution in [1.82, 2.24) is 9.88 Å². The Hall–Kier alpha value is -4.96. The number of nitrogens with two attached hydrogens (primary N) is 1. The Morgan fingerprint density at radius 1 is 0.822 bits per heavy atom. The maximum absolute atomic E-state index is 13.3. The van der Waals surface area contributed by atoms with Gasteiger partial charge in [-0.05, 0) is 56.4 Å². The van der Waals surface area contributed by atoms with Crippen molar-refractivity contribution in [3.05, 3.63) is 108 Å². The molecule has 3 aromatic carbocycles. The molecule has 10 heteroatoms. The van der Waals surface area contributed by atoms with E-state index < -0.39 is 41.6 Å². The van der Waals surface area contributed by atoms with Crippen LogP contribution in [0, 0.1) is 0 Å². The van der Waals surface area contributed by atoms with E-state index in [1.807, 2.05) is 72.8 Å². The van der Waals surface area contributed by atoms with Gasteiger partial charge in [0.15, 0.2) is 0 Å². The molecule has 0 unspecified atom stereocenters. The summed E-state index contributed by atoms with van der Waals surface area (Å²) in [6, 6.07) is 23.6. The monoisotopic (exact) mass is 613 g/mol. The Kier molecular flexibility index (Phi) is 11.1. The van der Waals surface area contributed by atoms with Crippen LogP contribution in [0.15, 0.2) is 91.1 Å². The third-order valence-electron chi connectivity index (χ3n) is 6.86. The maximum Gasteiger partial charge on any atom is 0.418 e. The van der Waals surface area contributed by atoms with Gasteiger partial charge in [0.05, 0.1) is 11.6 Å². The second-order valence-corrected chi connectivity index (χ2v) is 11.7. The number of nitrogens with zero attached hydrogens (tertiary/aromatic N) is 1. The third-order valence-corrected chi connectivity index (χ3v) is 6.86. The van der Waals surface area contributed by atoms with Crippen molar-refractivity contribution < 1.29 is 33.4 Å². The molecule has 2 atom stereocenters. The fraction of sp³-hybridized carbons (Fsp3) is 0.314. The lowest BCUT2D eigenvalue weighted by Gasteiger charge is -2.25. The lowest BCUT2D eigenvalue weighted by atomic mass is 10.0. The first-order valence-electron chi connectivity index (χ1n) is 14.8. The molecule has 4 aromatic rings. The second kappa shape index (κ2) is 15.2. The average Bonchev–Trinajstić information content (AvgIpc) is 3.39. The van der Waals surface area contributed by atoms with Crippen LogP contribution in [0.3, 0.4) is 0 Å². The molecule has 0 saturated carbocycles. The largest absolute Gasteiger partial charge is 0.461 e. The van der Waals surface area contributed by atoms with E-state index >= 15 is 0 Å². The number of nitrogens with one attached hydrogen (secondary N) is 1. The van der Waals surface area contributed by atoms with Gasteiger partial charge in [0.1, 0.15) is 24.9 Å². The molecule has 1 amide bonds. The molecule has 0 radical (unpaired) electrons. The number of para-hydroxylation sites is 1. The van der Waals surface area contributed by atoms with E-state index in [4.69, 9.17) is 19.9 Å². The summed E-state index contributed by atoms with van der Waals surface area (Å²) in [5, 5.41) is 3.40. The quantitative estimate of drug-likeness (QED) is 0.167. The molecule has 236 valence electrons. The predicted molar refractivity (Wildman–Crippen MR) is 169 cm³/mol. The number of hydrogen-bond acceptors (Lipinski definition) is 8. The molecule has 3 N–H and O–H groups in total. The zero-order valence-electron chi connectivity index (χ0n) is 25.7. The number of fused-ring (bicyclic) bond motifs is 1. The molecule has 10 nitrogen and oxygen atoms in total. The van der Waals surface area contributed by atoms with Crippen molar-refractivity contribution in [2.45, 2.75) is 70.9 Å².